The van der Waals surface area contributed by atoms with Gasteiger partial charge in [-0.2, -0.15) is 0 Å². The third-order valence-electron chi connectivity index (χ3n) is 6.34. The molecular formula is C29H22N2O2S2. The summed E-state index contributed by atoms with van der Waals surface area (Å²) >= 11 is 3.00. The summed E-state index contributed by atoms with van der Waals surface area (Å²) in [6, 6.07) is 28.1. The third kappa shape index (κ3) is 3.70. The SMILES string of the molecule is CCn1c(=O)/c(=C2/NC(c3ccccc3)=C(c3ccccc3)S2)s/c1=C1/Cc2ccccc2C1=O. The summed E-state index contributed by atoms with van der Waals surface area (Å²) in [6.45, 7) is 2.47. The van der Waals surface area contributed by atoms with Gasteiger partial charge in [0.2, 0.25) is 0 Å². The summed E-state index contributed by atoms with van der Waals surface area (Å²) in [5.41, 5.74) is 5.58. The van der Waals surface area contributed by atoms with Gasteiger partial charge in [0.05, 0.1) is 5.70 Å². The van der Waals surface area contributed by atoms with Crippen LogP contribution < -0.4 is 20.1 Å². The molecule has 0 fully saturated rings. The number of rotatable bonds is 3. The van der Waals surface area contributed by atoms with Crippen LogP contribution in [0.4, 0.5) is 0 Å². The van der Waals surface area contributed by atoms with E-state index in [0.717, 1.165) is 42.5 Å². The maximum Gasteiger partial charge on any atom is 0.271 e. The van der Waals surface area contributed by atoms with E-state index in [1.165, 1.54) is 11.3 Å². The number of ketones is 1. The first kappa shape index (κ1) is 21.9. The van der Waals surface area contributed by atoms with Gasteiger partial charge in [-0.3, -0.25) is 14.2 Å². The summed E-state index contributed by atoms with van der Waals surface area (Å²) in [5, 5.41) is 4.37. The monoisotopic (exact) mass is 494 g/mol. The third-order valence-corrected chi connectivity index (χ3v) is 8.86. The van der Waals surface area contributed by atoms with E-state index < -0.39 is 0 Å². The molecule has 2 heterocycles. The van der Waals surface area contributed by atoms with Crippen molar-refractivity contribution in [3.05, 3.63) is 127 Å². The van der Waals surface area contributed by atoms with Crippen molar-refractivity contribution in [1.82, 2.24) is 9.88 Å². The fraction of sp³-hybridized carbons (Fsp3) is 0.103. The molecule has 0 radical (unpaired) electrons. The summed E-state index contributed by atoms with van der Waals surface area (Å²) < 4.78 is 3.15. The zero-order valence-corrected chi connectivity index (χ0v) is 20.7. The summed E-state index contributed by atoms with van der Waals surface area (Å²) in [7, 11) is 0. The lowest BCUT2D eigenvalue weighted by Crippen LogP contribution is -2.33. The van der Waals surface area contributed by atoms with Gasteiger partial charge in [-0.15, -0.1) is 11.3 Å². The lowest BCUT2D eigenvalue weighted by molar-refractivity contribution is 0.105. The molecule has 3 aromatic carbocycles. The molecule has 4 aromatic rings. The Morgan fingerprint density at radius 3 is 2.20 bits per heavy atom. The van der Waals surface area contributed by atoms with Crippen molar-refractivity contribution in [2.45, 2.75) is 19.9 Å². The number of carbonyl (C=O) groups is 1. The molecule has 0 amide bonds. The van der Waals surface area contributed by atoms with Gasteiger partial charge in [0.15, 0.2) is 5.78 Å². The van der Waals surface area contributed by atoms with Gasteiger partial charge in [0, 0.05) is 29.0 Å². The molecule has 0 bridgehead atoms. The van der Waals surface area contributed by atoms with E-state index in [9.17, 15) is 9.59 Å². The Morgan fingerprint density at radius 1 is 0.857 bits per heavy atom. The van der Waals surface area contributed by atoms with Crippen LogP contribution in [0.15, 0.2) is 89.7 Å². The van der Waals surface area contributed by atoms with Crippen LogP contribution in [0, 0.1) is 0 Å². The molecule has 172 valence electrons. The van der Waals surface area contributed by atoms with Crippen LogP contribution in [0.25, 0.3) is 21.2 Å². The molecule has 0 spiro atoms. The van der Waals surface area contributed by atoms with Crippen LogP contribution in [-0.2, 0) is 13.0 Å². The summed E-state index contributed by atoms with van der Waals surface area (Å²) in [5.74, 6) is 0.0284. The molecule has 2 aliphatic rings. The summed E-state index contributed by atoms with van der Waals surface area (Å²) in [4.78, 5) is 27.9. The van der Waals surface area contributed by atoms with Crippen LogP contribution >= 0.6 is 23.1 Å². The predicted octanol–water partition coefficient (Wildman–Crippen LogP) is 4.45. The Labute approximate surface area is 211 Å². The maximum atomic E-state index is 13.6. The Morgan fingerprint density at radius 2 is 1.51 bits per heavy atom. The average Bonchev–Trinajstić information content (AvgIpc) is 3.58. The number of nitrogens with one attached hydrogen (secondary N) is 1. The Balaban J connectivity index is 1.54. The topological polar surface area (TPSA) is 51.1 Å². The highest BCUT2D eigenvalue weighted by Gasteiger charge is 2.28. The number of hydrogen-bond donors (Lipinski definition) is 1. The molecule has 1 aromatic heterocycles. The van der Waals surface area contributed by atoms with E-state index in [2.05, 4.69) is 29.6 Å². The minimum absolute atomic E-state index is 0.0284. The van der Waals surface area contributed by atoms with E-state index in [-0.39, 0.29) is 11.3 Å². The van der Waals surface area contributed by atoms with Crippen LogP contribution in [-0.4, -0.2) is 10.4 Å². The van der Waals surface area contributed by atoms with Crippen molar-refractivity contribution >= 4 is 50.1 Å². The second kappa shape index (κ2) is 8.87. The largest absolute Gasteiger partial charge is 0.347 e. The number of benzene rings is 3. The fourth-order valence-corrected chi connectivity index (χ4v) is 7.08. The highest BCUT2D eigenvalue weighted by molar-refractivity contribution is 8.16. The van der Waals surface area contributed by atoms with Gasteiger partial charge in [-0.1, -0.05) is 96.7 Å². The number of thiazole rings is 1. The highest BCUT2D eigenvalue weighted by atomic mass is 32.2. The fourth-order valence-electron chi connectivity index (χ4n) is 4.62. The molecule has 1 N–H and O–H groups in total. The molecule has 35 heavy (non-hydrogen) atoms. The lowest BCUT2D eigenvalue weighted by Gasteiger charge is -2.06. The van der Waals surface area contributed by atoms with Crippen LogP contribution in [0.1, 0.15) is 34.0 Å². The number of fused-ring (bicyclic) bond motifs is 1. The van der Waals surface area contributed by atoms with Crippen molar-refractivity contribution < 1.29 is 4.79 Å². The van der Waals surface area contributed by atoms with Gasteiger partial charge < -0.3 is 5.32 Å². The molecule has 0 saturated carbocycles. The van der Waals surface area contributed by atoms with Crippen molar-refractivity contribution in [2.24, 2.45) is 0 Å². The van der Waals surface area contributed by atoms with Crippen molar-refractivity contribution in [3.8, 4) is 0 Å². The van der Waals surface area contributed by atoms with Gasteiger partial charge in [-0.05, 0) is 23.6 Å². The van der Waals surface area contributed by atoms with Gasteiger partial charge in [0.25, 0.3) is 5.56 Å². The smallest absolute Gasteiger partial charge is 0.271 e. The first-order chi connectivity index (χ1) is 17.2. The molecule has 0 atom stereocenters. The molecule has 6 rings (SSSR count). The van der Waals surface area contributed by atoms with E-state index >= 15 is 0 Å². The first-order valence-corrected chi connectivity index (χ1v) is 13.2. The summed E-state index contributed by atoms with van der Waals surface area (Å²) in [6.07, 6.45) is 0.563. The Bertz CT molecular complexity index is 1630. The molecule has 1 aliphatic heterocycles. The number of Topliss-reactive ketones (excluding diaryl/α,β-unsaturated/α-hetero) is 1. The zero-order chi connectivity index (χ0) is 23.9. The maximum absolute atomic E-state index is 13.6. The van der Waals surface area contributed by atoms with Crippen LogP contribution in [0.2, 0.25) is 0 Å². The number of hydrogen-bond acceptors (Lipinski definition) is 5. The molecule has 4 nitrogen and oxygen atoms in total. The number of carbonyl (C=O) groups excluding carboxylic acids is 1. The van der Waals surface area contributed by atoms with Crippen LogP contribution in [0.3, 0.4) is 0 Å². The predicted molar refractivity (Wildman–Crippen MR) is 145 cm³/mol. The second-order valence-electron chi connectivity index (χ2n) is 8.42. The highest BCUT2D eigenvalue weighted by Crippen LogP contribution is 2.44. The molecule has 6 heteroatoms. The Hall–Kier alpha value is -3.61. The van der Waals surface area contributed by atoms with Crippen LogP contribution in [0.5, 0.6) is 0 Å². The minimum Gasteiger partial charge on any atom is -0.347 e. The van der Waals surface area contributed by atoms with Crippen molar-refractivity contribution in [1.29, 1.82) is 0 Å². The van der Waals surface area contributed by atoms with Gasteiger partial charge in [0.1, 0.15) is 14.2 Å². The number of thioether (sulfide) groups is 1. The molecule has 0 unspecified atom stereocenters. The quantitative estimate of drug-likeness (QED) is 0.457. The average molecular weight is 495 g/mol. The van der Waals surface area contributed by atoms with E-state index in [1.54, 1.807) is 16.3 Å². The lowest BCUT2D eigenvalue weighted by atomic mass is 10.1. The zero-order valence-electron chi connectivity index (χ0n) is 19.1. The van der Waals surface area contributed by atoms with E-state index in [1.807, 2.05) is 67.6 Å². The first-order valence-electron chi connectivity index (χ1n) is 11.6. The molecular weight excluding hydrogens is 472 g/mol. The van der Waals surface area contributed by atoms with Crippen molar-refractivity contribution in [2.75, 3.05) is 0 Å². The minimum atomic E-state index is -0.0551. The molecule has 0 saturated heterocycles. The van der Waals surface area contributed by atoms with E-state index in [0.29, 0.717) is 23.1 Å². The molecule has 1 aliphatic carbocycles. The van der Waals surface area contributed by atoms with Crippen molar-refractivity contribution in [3.63, 3.8) is 0 Å². The number of aromatic nitrogens is 1. The van der Waals surface area contributed by atoms with Gasteiger partial charge in [-0.25, -0.2) is 0 Å². The van der Waals surface area contributed by atoms with E-state index in [4.69, 9.17) is 0 Å². The second-order valence-corrected chi connectivity index (χ2v) is 10.4. The Kier molecular flexibility index (Phi) is 5.55. The standard InChI is InChI=1S/C29H22N2O2S2/c1-2-31-28(33)26(35-29(31)22-17-20-15-9-10-16-21(20)24(22)32)27-30-23(18-11-5-3-6-12-18)25(34-27)19-13-7-4-8-14-19/h3-16,30H,2,17H2,1H3/b27-26+,29-22-. The normalized spacial score (nSPS) is 18.1. The van der Waals surface area contributed by atoms with Gasteiger partial charge >= 0.3 is 0 Å². The number of nitrogens with zero attached hydrogens (tertiary/aromatic N) is 1.